The molecule has 0 heteroatoms. The van der Waals surface area contributed by atoms with Crippen LogP contribution < -0.4 is 0 Å². The van der Waals surface area contributed by atoms with Gasteiger partial charge in [-0.05, 0) is 127 Å². The van der Waals surface area contributed by atoms with Crippen molar-refractivity contribution >= 4 is 57.5 Å². The Kier molecular flexibility index (Phi) is 23.2. The fraction of sp³-hybridized carbons (Fsp3) is 0.227. The van der Waals surface area contributed by atoms with Gasteiger partial charge in [0, 0.05) is 0 Å². The molecule has 0 aliphatic rings. The first-order valence-corrected chi connectivity index (χ1v) is 31.4. The lowest BCUT2D eigenvalue weighted by molar-refractivity contribution is 0.590. The largest absolute Gasteiger partial charge is 0.0622 e. The highest BCUT2D eigenvalue weighted by Crippen LogP contribution is 2.32. The fourth-order valence-electron chi connectivity index (χ4n) is 10.1. The quantitative estimate of drug-likeness (QED) is 0.140. The molecule has 0 heterocycles. The average molecular weight is 1150 g/mol. The molecule has 0 N–H and O–H groups in total. The molecule has 0 aliphatic carbocycles. The minimum absolute atomic E-state index is 0.184. The number of fused-ring (bicyclic) bond motifs is 2. The van der Waals surface area contributed by atoms with E-state index in [9.17, 15) is 0 Å². The summed E-state index contributed by atoms with van der Waals surface area (Å²) in [5.74, 6) is 0. The lowest BCUT2D eigenvalue weighted by Crippen LogP contribution is -2.11. The van der Waals surface area contributed by atoms with Crippen LogP contribution in [-0.2, 0) is 27.1 Å². The Morgan fingerprint density at radius 1 is 0.227 bits per heavy atom. The molecule has 0 spiro atoms. The standard InChI is InChI=1S/C24H24.2C18H20.2C14H16/c1-24(2,3)22-16-14-19(15-17-22)18-23(20-10-6-4-7-11-20)21-12-8-5-9-13-21;1-18(2,3)17-11-7-10-16(14-17)13-12-15-8-5-4-6-9-15;1-18(2,3)17-13-11-16(12-14-17)10-9-15-7-5-4-6-8-15;1-14(2,3)13-10-6-8-11-7-4-5-9-12(11)13;1-14(2,3)13-9-8-11-6-4-5-7-12(11)10-13/h4-18H,1-3H3;2*4-14H,1-3H3;2*4-10H,1-3H3/b;13-12+;10-9+;;. The van der Waals surface area contributed by atoms with E-state index >= 15 is 0 Å². The molecule has 0 atom stereocenters. The molecule has 0 fully saturated rings. The Labute approximate surface area is 531 Å². The predicted molar refractivity (Wildman–Crippen MR) is 391 cm³/mol. The third-order valence-electron chi connectivity index (χ3n) is 15.5. The van der Waals surface area contributed by atoms with Crippen molar-refractivity contribution in [3.05, 3.63) is 346 Å². The molecule has 88 heavy (non-hydrogen) atoms. The Balaban J connectivity index is 0.000000159. The SMILES string of the molecule is CC(C)(C)c1ccc(/C=C/c2ccccc2)cc1.CC(C)(C)c1ccc(C=C(c2ccccc2)c2ccccc2)cc1.CC(C)(C)c1ccc2ccccc2c1.CC(C)(C)c1cccc(/C=C/c2ccccc2)c1.CC(C)(C)c1cccc2ccccc12. The Bertz CT molecular complexity index is 3900. The molecule has 0 radical (unpaired) electrons. The summed E-state index contributed by atoms with van der Waals surface area (Å²) in [7, 11) is 0. The minimum Gasteiger partial charge on any atom is -0.0622 e. The van der Waals surface area contributed by atoms with Gasteiger partial charge in [-0.15, -0.1) is 0 Å². The molecular formula is C88H96. The number of hydrogen-bond donors (Lipinski definition) is 0. The molecule has 0 bridgehead atoms. The Morgan fingerprint density at radius 3 is 1.03 bits per heavy atom. The highest BCUT2D eigenvalue weighted by atomic mass is 14.2. The lowest BCUT2D eigenvalue weighted by Gasteiger charge is -2.21. The van der Waals surface area contributed by atoms with Crippen LogP contribution in [0.5, 0.6) is 0 Å². The molecule has 0 unspecified atom stereocenters. The second-order valence-corrected chi connectivity index (χ2v) is 28.0. The molecule has 0 aromatic heterocycles. The summed E-state index contributed by atoms with van der Waals surface area (Å²) in [5.41, 5.74) is 17.9. The Hall–Kier alpha value is -8.84. The zero-order valence-electron chi connectivity index (χ0n) is 55.4. The van der Waals surface area contributed by atoms with Crippen molar-refractivity contribution in [2.24, 2.45) is 0 Å². The van der Waals surface area contributed by atoms with Crippen molar-refractivity contribution in [2.75, 3.05) is 0 Å². The molecular weight excluding hydrogens is 1060 g/mol. The highest BCUT2D eigenvalue weighted by molar-refractivity contribution is 5.91. The van der Waals surface area contributed by atoms with Gasteiger partial charge in [0.25, 0.3) is 0 Å². The average Bonchev–Trinajstić information content (AvgIpc) is 2.33. The van der Waals surface area contributed by atoms with Gasteiger partial charge in [-0.25, -0.2) is 0 Å². The molecule has 0 saturated carbocycles. The zero-order chi connectivity index (χ0) is 63.4. The van der Waals surface area contributed by atoms with Crippen LogP contribution in [0, 0.1) is 0 Å². The second kappa shape index (κ2) is 30.7. The normalized spacial score (nSPS) is 11.7. The highest BCUT2D eigenvalue weighted by Gasteiger charge is 2.18. The summed E-state index contributed by atoms with van der Waals surface area (Å²) >= 11 is 0. The van der Waals surface area contributed by atoms with Crippen molar-refractivity contribution in [1.82, 2.24) is 0 Å². The van der Waals surface area contributed by atoms with E-state index in [2.05, 4.69) is 401 Å². The topological polar surface area (TPSA) is 0 Å². The van der Waals surface area contributed by atoms with Gasteiger partial charge in [0.15, 0.2) is 0 Å². The molecule has 11 aromatic carbocycles. The lowest BCUT2D eigenvalue weighted by atomic mass is 9.84. The first kappa shape index (κ1) is 66.7. The van der Waals surface area contributed by atoms with Crippen molar-refractivity contribution in [1.29, 1.82) is 0 Å². The van der Waals surface area contributed by atoms with Crippen molar-refractivity contribution in [3.8, 4) is 0 Å². The van der Waals surface area contributed by atoms with Crippen molar-refractivity contribution in [3.63, 3.8) is 0 Å². The van der Waals surface area contributed by atoms with E-state index < -0.39 is 0 Å². The zero-order valence-corrected chi connectivity index (χ0v) is 55.4. The van der Waals surface area contributed by atoms with E-state index in [1.165, 1.54) is 93.9 Å². The van der Waals surface area contributed by atoms with E-state index in [0.29, 0.717) is 0 Å². The molecule has 0 amide bonds. The van der Waals surface area contributed by atoms with Crippen LogP contribution in [0.15, 0.2) is 279 Å². The van der Waals surface area contributed by atoms with Gasteiger partial charge in [0.05, 0.1) is 0 Å². The minimum atomic E-state index is 0.184. The first-order valence-electron chi connectivity index (χ1n) is 31.4. The molecule has 0 aliphatic heterocycles. The van der Waals surface area contributed by atoms with Crippen LogP contribution in [0.2, 0.25) is 0 Å². The monoisotopic (exact) mass is 1150 g/mol. The van der Waals surface area contributed by atoms with Gasteiger partial charge in [-0.1, -0.05) is 407 Å². The van der Waals surface area contributed by atoms with Gasteiger partial charge in [-0.2, -0.15) is 0 Å². The number of rotatable bonds is 7. The molecule has 0 nitrogen and oxygen atoms in total. The van der Waals surface area contributed by atoms with Gasteiger partial charge in [0.2, 0.25) is 0 Å². The first-order chi connectivity index (χ1) is 41.8. The van der Waals surface area contributed by atoms with E-state index in [0.717, 1.165) is 0 Å². The Morgan fingerprint density at radius 2 is 0.568 bits per heavy atom. The van der Waals surface area contributed by atoms with Gasteiger partial charge >= 0.3 is 0 Å². The van der Waals surface area contributed by atoms with E-state index in [-0.39, 0.29) is 27.1 Å². The third-order valence-corrected chi connectivity index (χ3v) is 15.5. The van der Waals surface area contributed by atoms with Crippen LogP contribution in [0.4, 0.5) is 0 Å². The molecule has 448 valence electrons. The number of hydrogen-bond acceptors (Lipinski definition) is 0. The molecule has 11 rings (SSSR count). The summed E-state index contributed by atoms with van der Waals surface area (Å²) < 4.78 is 0. The predicted octanol–water partition coefficient (Wildman–Crippen LogP) is 25.2. The summed E-state index contributed by atoms with van der Waals surface area (Å²) in [4.78, 5) is 0. The van der Waals surface area contributed by atoms with Crippen molar-refractivity contribution in [2.45, 2.75) is 131 Å². The van der Waals surface area contributed by atoms with Crippen LogP contribution in [0.25, 0.3) is 57.5 Å². The molecule has 0 saturated heterocycles. The van der Waals surface area contributed by atoms with Crippen LogP contribution in [0.3, 0.4) is 0 Å². The van der Waals surface area contributed by atoms with E-state index in [1.54, 1.807) is 0 Å². The maximum Gasteiger partial charge on any atom is -0.0105 e. The summed E-state index contributed by atoms with van der Waals surface area (Å²) in [6.07, 6.45) is 10.9. The van der Waals surface area contributed by atoms with Crippen molar-refractivity contribution < 1.29 is 0 Å². The summed E-state index contributed by atoms with van der Waals surface area (Å²) in [5, 5.41) is 5.36. The molecule has 11 aromatic rings. The maximum absolute atomic E-state index is 2.29. The summed E-state index contributed by atoms with van der Waals surface area (Å²) in [6, 6.07) is 98.7. The van der Waals surface area contributed by atoms with Gasteiger partial charge in [0.1, 0.15) is 0 Å². The van der Waals surface area contributed by atoms with Crippen LogP contribution >= 0.6 is 0 Å². The second-order valence-electron chi connectivity index (χ2n) is 28.0. The fourth-order valence-corrected chi connectivity index (χ4v) is 10.1. The third kappa shape index (κ3) is 21.0. The van der Waals surface area contributed by atoms with Crippen LogP contribution in [0.1, 0.15) is 171 Å². The van der Waals surface area contributed by atoms with E-state index in [4.69, 9.17) is 0 Å². The smallest absolute Gasteiger partial charge is 0.0105 e. The van der Waals surface area contributed by atoms with Gasteiger partial charge < -0.3 is 0 Å². The van der Waals surface area contributed by atoms with Gasteiger partial charge in [-0.3, -0.25) is 0 Å². The maximum atomic E-state index is 2.29. The number of benzene rings is 11. The van der Waals surface area contributed by atoms with E-state index in [1.807, 2.05) is 12.1 Å². The van der Waals surface area contributed by atoms with Crippen LogP contribution in [-0.4, -0.2) is 0 Å². The summed E-state index contributed by atoms with van der Waals surface area (Å²) in [6.45, 7) is 33.7.